The van der Waals surface area contributed by atoms with E-state index in [4.69, 9.17) is 23.2 Å². The van der Waals surface area contributed by atoms with Crippen molar-refractivity contribution < 1.29 is 0 Å². The zero-order valence-electron chi connectivity index (χ0n) is 10.1. The monoisotopic (exact) mass is 268 g/mol. The van der Waals surface area contributed by atoms with Gasteiger partial charge in [0.2, 0.25) is 0 Å². The third-order valence-corrected chi connectivity index (χ3v) is 3.50. The summed E-state index contributed by atoms with van der Waals surface area (Å²) in [5, 5.41) is 5.06. The molecule has 0 unspecified atom stereocenters. The number of aryl methyl sites for hydroxylation is 3. The van der Waals surface area contributed by atoms with Crippen molar-refractivity contribution in [2.45, 2.75) is 26.7 Å². The van der Waals surface area contributed by atoms with Crippen molar-refractivity contribution in [3.8, 4) is 5.69 Å². The van der Waals surface area contributed by atoms with Crippen LogP contribution < -0.4 is 0 Å². The molecule has 1 heterocycles. The number of nitrogens with zero attached hydrogens (tertiary/aromatic N) is 2. The first kappa shape index (κ1) is 12.5. The molecule has 0 spiro atoms. The minimum Gasteiger partial charge on any atom is -0.221 e. The summed E-state index contributed by atoms with van der Waals surface area (Å²) in [5.74, 6) is 0.384. The summed E-state index contributed by atoms with van der Waals surface area (Å²) in [4.78, 5) is 0. The third-order valence-electron chi connectivity index (χ3n) is 2.85. The van der Waals surface area contributed by atoms with Crippen LogP contribution in [-0.2, 0) is 5.88 Å². The molecule has 0 fully saturated rings. The summed E-state index contributed by atoms with van der Waals surface area (Å²) < 4.78 is 1.76. The van der Waals surface area contributed by atoms with Gasteiger partial charge in [0.05, 0.1) is 17.3 Å². The molecular formula is C13H14Cl2N2. The van der Waals surface area contributed by atoms with E-state index in [1.54, 1.807) is 4.68 Å². The molecule has 0 bridgehead atoms. The Labute approximate surface area is 111 Å². The molecule has 0 aliphatic rings. The van der Waals surface area contributed by atoms with Gasteiger partial charge in [-0.1, -0.05) is 23.7 Å². The van der Waals surface area contributed by atoms with Crippen LogP contribution in [0.15, 0.2) is 18.2 Å². The van der Waals surface area contributed by atoms with Gasteiger partial charge in [0.1, 0.15) is 5.15 Å². The van der Waals surface area contributed by atoms with E-state index in [2.05, 4.69) is 30.2 Å². The van der Waals surface area contributed by atoms with Crippen molar-refractivity contribution in [2.24, 2.45) is 0 Å². The van der Waals surface area contributed by atoms with Crippen molar-refractivity contribution in [3.05, 3.63) is 45.7 Å². The zero-order chi connectivity index (χ0) is 12.6. The maximum Gasteiger partial charge on any atom is 0.137 e. The first-order valence-corrected chi connectivity index (χ1v) is 6.33. The van der Waals surface area contributed by atoms with Gasteiger partial charge in [-0.05, 0) is 38.0 Å². The van der Waals surface area contributed by atoms with E-state index in [1.807, 2.05) is 13.8 Å². The average Bonchev–Trinajstić information content (AvgIpc) is 2.57. The fraction of sp³-hybridized carbons (Fsp3) is 0.308. The Bertz CT molecular complexity index is 559. The molecule has 2 nitrogen and oxygen atoms in total. The quantitative estimate of drug-likeness (QED) is 0.747. The Hall–Kier alpha value is -0.990. The first-order chi connectivity index (χ1) is 8.04. The molecule has 0 atom stereocenters. The number of halogens is 2. The van der Waals surface area contributed by atoms with E-state index in [9.17, 15) is 0 Å². The highest BCUT2D eigenvalue weighted by Gasteiger charge is 2.14. The van der Waals surface area contributed by atoms with Gasteiger partial charge in [-0.15, -0.1) is 11.6 Å². The van der Waals surface area contributed by atoms with Gasteiger partial charge in [-0.2, -0.15) is 5.10 Å². The molecule has 0 aliphatic carbocycles. The van der Waals surface area contributed by atoms with Crippen LogP contribution in [0.25, 0.3) is 5.69 Å². The fourth-order valence-corrected chi connectivity index (χ4v) is 2.51. The second-order valence-corrected chi connectivity index (χ2v) is 4.82. The van der Waals surface area contributed by atoms with Gasteiger partial charge in [-0.3, -0.25) is 0 Å². The molecule has 0 saturated carbocycles. The third kappa shape index (κ3) is 2.20. The van der Waals surface area contributed by atoms with E-state index in [0.29, 0.717) is 11.0 Å². The van der Waals surface area contributed by atoms with E-state index >= 15 is 0 Å². The Morgan fingerprint density at radius 1 is 1.24 bits per heavy atom. The Morgan fingerprint density at radius 3 is 2.53 bits per heavy atom. The van der Waals surface area contributed by atoms with Crippen LogP contribution in [0.5, 0.6) is 0 Å². The normalized spacial score (nSPS) is 10.9. The summed E-state index contributed by atoms with van der Waals surface area (Å²) in [6.07, 6.45) is 0. The van der Waals surface area contributed by atoms with Crippen LogP contribution in [0, 0.1) is 20.8 Å². The molecule has 90 valence electrons. The maximum absolute atomic E-state index is 6.30. The number of rotatable bonds is 2. The zero-order valence-corrected chi connectivity index (χ0v) is 11.6. The predicted molar refractivity (Wildman–Crippen MR) is 72.3 cm³/mol. The van der Waals surface area contributed by atoms with Crippen LogP contribution in [0.3, 0.4) is 0 Å². The molecule has 1 aromatic carbocycles. The Kier molecular flexibility index (Phi) is 3.45. The van der Waals surface area contributed by atoms with Gasteiger partial charge in [-0.25, -0.2) is 4.68 Å². The van der Waals surface area contributed by atoms with Gasteiger partial charge in [0, 0.05) is 5.56 Å². The van der Waals surface area contributed by atoms with E-state index < -0.39 is 0 Å². The lowest BCUT2D eigenvalue weighted by atomic mass is 10.1. The van der Waals surface area contributed by atoms with Crippen molar-refractivity contribution in [1.29, 1.82) is 0 Å². The average molecular weight is 269 g/mol. The van der Waals surface area contributed by atoms with E-state index in [-0.39, 0.29) is 0 Å². The Morgan fingerprint density at radius 2 is 1.94 bits per heavy atom. The van der Waals surface area contributed by atoms with Gasteiger partial charge in [0.15, 0.2) is 0 Å². The van der Waals surface area contributed by atoms with Crippen LogP contribution in [-0.4, -0.2) is 9.78 Å². The highest BCUT2D eigenvalue weighted by Crippen LogP contribution is 2.26. The minimum absolute atomic E-state index is 0.384. The molecule has 0 saturated heterocycles. The fourth-order valence-electron chi connectivity index (χ4n) is 1.79. The maximum atomic E-state index is 6.30. The highest BCUT2D eigenvalue weighted by molar-refractivity contribution is 6.31. The summed E-state index contributed by atoms with van der Waals surface area (Å²) in [5.41, 5.74) is 5.11. The number of alkyl halides is 1. The molecule has 0 aliphatic heterocycles. The van der Waals surface area contributed by atoms with Gasteiger partial charge >= 0.3 is 0 Å². The molecular weight excluding hydrogens is 255 g/mol. The van der Waals surface area contributed by atoms with Crippen molar-refractivity contribution in [2.75, 3.05) is 0 Å². The summed E-state index contributed by atoms with van der Waals surface area (Å²) >= 11 is 12.2. The van der Waals surface area contributed by atoms with Gasteiger partial charge < -0.3 is 0 Å². The number of hydrogen-bond acceptors (Lipinski definition) is 1. The van der Waals surface area contributed by atoms with Crippen molar-refractivity contribution in [3.63, 3.8) is 0 Å². The van der Waals surface area contributed by atoms with Crippen LogP contribution in [0.1, 0.15) is 22.4 Å². The van der Waals surface area contributed by atoms with Crippen LogP contribution in [0.4, 0.5) is 0 Å². The van der Waals surface area contributed by atoms with Crippen molar-refractivity contribution >= 4 is 23.2 Å². The van der Waals surface area contributed by atoms with Gasteiger partial charge in [0.25, 0.3) is 0 Å². The summed E-state index contributed by atoms with van der Waals surface area (Å²) in [7, 11) is 0. The number of benzene rings is 1. The first-order valence-electron chi connectivity index (χ1n) is 5.42. The van der Waals surface area contributed by atoms with Crippen LogP contribution in [0.2, 0.25) is 5.15 Å². The summed E-state index contributed by atoms with van der Waals surface area (Å²) in [6, 6.07) is 6.22. The molecule has 4 heteroatoms. The molecule has 0 N–H and O–H groups in total. The predicted octanol–water partition coefficient (Wildman–Crippen LogP) is 4.19. The van der Waals surface area contributed by atoms with Crippen LogP contribution >= 0.6 is 23.2 Å². The second-order valence-electron chi connectivity index (χ2n) is 4.19. The standard InChI is InChI=1S/C13H14Cl2N2/c1-8-4-5-9(2)12(6-8)17-13(15)11(7-14)10(3)16-17/h4-6H,7H2,1-3H3. The molecule has 0 radical (unpaired) electrons. The molecule has 2 aromatic rings. The molecule has 2 rings (SSSR count). The summed E-state index contributed by atoms with van der Waals surface area (Å²) in [6.45, 7) is 6.02. The SMILES string of the molecule is Cc1ccc(C)c(-n2nc(C)c(CCl)c2Cl)c1. The molecule has 17 heavy (non-hydrogen) atoms. The molecule has 1 aromatic heterocycles. The van der Waals surface area contributed by atoms with E-state index in [1.165, 1.54) is 5.56 Å². The highest BCUT2D eigenvalue weighted by atomic mass is 35.5. The Balaban J connectivity index is 2.64. The largest absolute Gasteiger partial charge is 0.221 e. The lowest BCUT2D eigenvalue weighted by molar-refractivity contribution is 0.855. The second kappa shape index (κ2) is 4.71. The topological polar surface area (TPSA) is 17.8 Å². The minimum atomic E-state index is 0.384. The van der Waals surface area contributed by atoms with E-state index in [0.717, 1.165) is 22.5 Å². The lowest BCUT2D eigenvalue weighted by Crippen LogP contribution is -2.00. The smallest absolute Gasteiger partial charge is 0.137 e. The number of aromatic nitrogens is 2. The molecule has 0 amide bonds. The number of hydrogen-bond donors (Lipinski definition) is 0. The van der Waals surface area contributed by atoms with Crippen molar-refractivity contribution in [1.82, 2.24) is 9.78 Å². The lowest BCUT2D eigenvalue weighted by Gasteiger charge is -2.08.